The second kappa shape index (κ2) is 10.5. The average Bonchev–Trinajstić information content (AvgIpc) is 2.30. The third kappa shape index (κ3) is 8.12. The summed E-state index contributed by atoms with van der Waals surface area (Å²) in [6.07, 6.45) is 1.77. The Labute approximate surface area is 104 Å². The lowest BCUT2D eigenvalue weighted by atomic mass is 10.2. The maximum atomic E-state index is 11.5. The van der Waals surface area contributed by atoms with Gasteiger partial charge in [-0.1, -0.05) is 0 Å². The van der Waals surface area contributed by atoms with Crippen LogP contribution in [0.4, 0.5) is 0 Å². The summed E-state index contributed by atoms with van der Waals surface area (Å²) in [6, 6.07) is -0.208. The number of rotatable bonds is 10. The maximum Gasteiger partial charge on any atom is 0.323 e. The number of ether oxygens (including phenoxy) is 2. The Hall–Kier alpha value is -0.650. The molecule has 0 rings (SSSR count). The summed E-state index contributed by atoms with van der Waals surface area (Å²) in [7, 11) is 5.54. The number of hydrogen-bond donors (Lipinski definition) is 1. The van der Waals surface area contributed by atoms with Crippen LogP contribution in [0, 0.1) is 0 Å². The predicted molar refractivity (Wildman–Crippen MR) is 68.1 cm³/mol. The first-order valence-corrected chi connectivity index (χ1v) is 6.17. The molecule has 0 aliphatic rings. The largest absolute Gasteiger partial charge is 0.465 e. The number of nitrogens with zero attached hydrogens (tertiary/aromatic N) is 1. The van der Waals surface area contributed by atoms with E-state index in [1.165, 1.54) is 0 Å². The van der Waals surface area contributed by atoms with Gasteiger partial charge in [-0.25, -0.2) is 0 Å². The zero-order valence-electron chi connectivity index (χ0n) is 11.5. The fourth-order valence-corrected chi connectivity index (χ4v) is 1.56. The molecule has 0 radical (unpaired) electrons. The Morgan fingerprint density at radius 3 is 2.65 bits per heavy atom. The van der Waals surface area contributed by atoms with Gasteiger partial charge in [0.25, 0.3) is 0 Å². The van der Waals surface area contributed by atoms with E-state index < -0.39 is 0 Å². The van der Waals surface area contributed by atoms with Crippen molar-refractivity contribution in [3.8, 4) is 0 Å². The van der Waals surface area contributed by atoms with Crippen LogP contribution in [0.3, 0.4) is 0 Å². The van der Waals surface area contributed by atoms with E-state index in [1.807, 2.05) is 14.0 Å². The first-order chi connectivity index (χ1) is 8.15. The summed E-state index contributed by atoms with van der Waals surface area (Å²) in [4.78, 5) is 13.7. The van der Waals surface area contributed by atoms with Gasteiger partial charge in [0.05, 0.1) is 6.61 Å². The second-order valence-electron chi connectivity index (χ2n) is 4.03. The third-order valence-corrected chi connectivity index (χ3v) is 2.61. The van der Waals surface area contributed by atoms with Crippen LogP contribution < -0.4 is 5.32 Å². The van der Waals surface area contributed by atoms with Crippen molar-refractivity contribution in [2.45, 2.75) is 25.8 Å². The van der Waals surface area contributed by atoms with E-state index >= 15 is 0 Å². The van der Waals surface area contributed by atoms with E-state index in [9.17, 15) is 4.79 Å². The van der Waals surface area contributed by atoms with Gasteiger partial charge in [0.2, 0.25) is 0 Å². The normalized spacial score (nSPS) is 12.8. The molecule has 0 aromatic carbocycles. The first-order valence-electron chi connectivity index (χ1n) is 6.17. The number of hydrogen-bond acceptors (Lipinski definition) is 5. The van der Waals surface area contributed by atoms with Crippen LogP contribution >= 0.6 is 0 Å². The lowest BCUT2D eigenvalue weighted by Crippen LogP contribution is -2.38. The minimum absolute atomic E-state index is 0.166. The quantitative estimate of drug-likeness (QED) is 0.449. The fraction of sp³-hybridized carbons (Fsp3) is 0.917. The highest BCUT2D eigenvalue weighted by Crippen LogP contribution is 1.98. The van der Waals surface area contributed by atoms with E-state index in [2.05, 4.69) is 10.2 Å². The number of likely N-dealkylation sites (N-methyl/N-ethyl adjacent to an activating group) is 1. The second-order valence-corrected chi connectivity index (χ2v) is 4.03. The lowest BCUT2D eigenvalue weighted by Gasteiger charge is -2.20. The van der Waals surface area contributed by atoms with Crippen LogP contribution in [0.1, 0.15) is 19.8 Å². The summed E-state index contributed by atoms with van der Waals surface area (Å²) in [5.74, 6) is -0.166. The molecular weight excluding hydrogens is 220 g/mol. The minimum Gasteiger partial charge on any atom is -0.465 e. The van der Waals surface area contributed by atoms with Crippen LogP contribution in [0.2, 0.25) is 0 Å². The Kier molecular flexibility index (Phi) is 10.1. The van der Waals surface area contributed by atoms with Crippen molar-refractivity contribution in [2.75, 3.05) is 47.5 Å². The summed E-state index contributed by atoms with van der Waals surface area (Å²) < 4.78 is 9.98. The highest BCUT2D eigenvalue weighted by atomic mass is 16.5. The van der Waals surface area contributed by atoms with Crippen molar-refractivity contribution in [1.82, 2.24) is 10.2 Å². The highest BCUT2D eigenvalue weighted by Gasteiger charge is 2.17. The zero-order valence-corrected chi connectivity index (χ0v) is 11.5. The van der Waals surface area contributed by atoms with Gasteiger partial charge >= 0.3 is 5.97 Å². The van der Waals surface area contributed by atoms with E-state index in [1.54, 1.807) is 14.2 Å². The summed E-state index contributed by atoms with van der Waals surface area (Å²) >= 11 is 0. The molecule has 17 heavy (non-hydrogen) atoms. The first kappa shape index (κ1) is 16.4. The Morgan fingerprint density at radius 1 is 1.41 bits per heavy atom. The van der Waals surface area contributed by atoms with Crippen molar-refractivity contribution >= 4 is 5.97 Å². The number of carbonyl (C=O) groups is 1. The van der Waals surface area contributed by atoms with Crippen molar-refractivity contribution in [1.29, 1.82) is 0 Å². The van der Waals surface area contributed by atoms with Crippen LogP contribution in [0.5, 0.6) is 0 Å². The number of nitrogens with one attached hydrogen (secondary N) is 1. The molecule has 0 saturated heterocycles. The standard InChI is InChI=1S/C12H26N2O3/c1-5-17-12(15)11(13-2)7-9-14(3)8-6-10-16-4/h11,13H,5-10H2,1-4H3. The molecule has 0 bridgehead atoms. The monoisotopic (exact) mass is 246 g/mol. The van der Waals surface area contributed by atoms with E-state index in [-0.39, 0.29) is 12.0 Å². The van der Waals surface area contributed by atoms with Crippen LogP contribution in [-0.4, -0.2) is 64.4 Å². The fourth-order valence-electron chi connectivity index (χ4n) is 1.56. The molecule has 0 aliphatic carbocycles. The van der Waals surface area contributed by atoms with E-state index in [0.29, 0.717) is 6.61 Å². The van der Waals surface area contributed by atoms with Gasteiger partial charge in [0.1, 0.15) is 6.04 Å². The molecule has 0 spiro atoms. The third-order valence-electron chi connectivity index (χ3n) is 2.61. The maximum absolute atomic E-state index is 11.5. The Bertz CT molecular complexity index is 200. The molecule has 0 saturated carbocycles. The molecule has 0 amide bonds. The highest BCUT2D eigenvalue weighted by molar-refractivity contribution is 5.75. The molecule has 0 aromatic rings. The van der Waals surface area contributed by atoms with Crippen molar-refractivity contribution < 1.29 is 14.3 Å². The molecule has 5 nitrogen and oxygen atoms in total. The van der Waals surface area contributed by atoms with Crippen LogP contribution in [0.25, 0.3) is 0 Å². The van der Waals surface area contributed by atoms with Gasteiger partial charge in [-0.3, -0.25) is 4.79 Å². The van der Waals surface area contributed by atoms with Crippen molar-refractivity contribution in [3.05, 3.63) is 0 Å². The minimum atomic E-state index is -0.208. The number of esters is 1. The van der Waals surface area contributed by atoms with Gasteiger partial charge in [-0.05, 0) is 40.4 Å². The van der Waals surface area contributed by atoms with E-state index in [0.717, 1.165) is 32.5 Å². The average molecular weight is 246 g/mol. The summed E-state index contributed by atoms with van der Waals surface area (Å²) in [6.45, 7) is 4.88. The van der Waals surface area contributed by atoms with Crippen LogP contribution in [0.15, 0.2) is 0 Å². The zero-order chi connectivity index (χ0) is 13.1. The molecule has 0 aliphatic heterocycles. The lowest BCUT2D eigenvalue weighted by molar-refractivity contribution is -0.145. The molecule has 0 aromatic heterocycles. The van der Waals surface area contributed by atoms with Gasteiger partial charge in [-0.15, -0.1) is 0 Å². The van der Waals surface area contributed by atoms with Crippen LogP contribution in [-0.2, 0) is 14.3 Å². The van der Waals surface area contributed by atoms with Crippen molar-refractivity contribution in [3.63, 3.8) is 0 Å². The molecule has 102 valence electrons. The molecule has 0 heterocycles. The van der Waals surface area contributed by atoms with Gasteiger partial charge in [0.15, 0.2) is 0 Å². The van der Waals surface area contributed by atoms with Gasteiger partial charge < -0.3 is 19.7 Å². The Morgan fingerprint density at radius 2 is 2.12 bits per heavy atom. The molecule has 1 atom stereocenters. The van der Waals surface area contributed by atoms with Gasteiger partial charge in [0, 0.05) is 20.3 Å². The number of carbonyl (C=O) groups excluding carboxylic acids is 1. The molecule has 1 unspecified atom stereocenters. The predicted octanol–water partition coefficient (Wildman–Crippen LogP) is 0.496. The summed E-state index contributed by atoms with van der Waals surface area (Å²) in [5.41, 5.74) is 0. The molecule has 5 heteroatoms. The number of methoxy groups -OCH3 is 1. The molecule has 0 fully saturated rings. The Balaban J connectivity index is 3.77. The topological polar surface area (TPSA) is 50.8 Å². The van der Waals surface area contributed by atoms with Crippen molar-refractivity contribution in [2.24, 2.45) is 0 Å². The molecule has 1 N–H and O–H groups in total. The SMILES string of the molecule is CCOC(=O)C(CCN(C)CCCOC)NC. The molecular formula is C12H26N2O3. The van der Waals surface area contributed by atoms with Gasteiger partial charge in [-0.2, -0.15) is 0 Å². The smallest absolute Gasteiger partial charge is 0.323 e. The summed E-state index contributed by atoms with van der Waals surface area (Å²) in [5, 5.41) is 2.98. The van der Waals surface area contributed by atoms with E-state index in [4.69, 9.17) is 9.47 Å².